The predicted molar refractivity (Wildman–Crippen MR) is 67.0 cm³/mol. The summed E-state index contributed by atoms with van der Waals surface area (Å²) >= 11 is 0. The van der Waals surface area contributed by atoms with Crippen LogP contribution in [-0.4, -0.2) is 6.29 Å². The third kappa shape index (κ3) is 2.71. The molecular formula is C15H10F4O. The molecule has 2 aromatic rings. The normalized spacial score (nSPS) is 11.4. The second kappa shape index (κ2) is 5.07. The lowest BCUT2D eigenvalue weighted by Gasteiger charge is -2.11. The molecule has 0 aliphatic carbocycles. The largest absolute Gasteiger partial charge is 0.419 e. The average molecular weight is 282 g/mol. The first-order chi connectivity index (χ1) is 9.32. The van der Waals surface area contributed by atoms with Crippen molar-refractivity contribution in [2.75, 3.05) is 0 Å². The highest BCUT2D eigenvalue weighted by molar-refractivity contribution is 5.87. The molecule has 0 fully saturated rings. The Morgan fingerprint density at radius 1 is 1.05 bits per heavy atom. The molecule has 0 bridgehead atoms. The zero-order chi connectivity index (χ0) is 14.9. The van der Waals surface area contributed by atoms with Gasteiger partial charge in [0, 0.05) is 5.56 Å². The van der Waals surface area contributed by atoms with Crippen LogP contribution in [0.1, 0.15) is 21.5 Å². The van der Waals surface area contributed by atoms with Gasteiger partial charge in [0.2, 0.25) is 0 Å². The topological polar surface area (TPSA) is 17.1 Å². The number of carbonyl (C=O) groups excluding carboxylic acids is 1. The molecule has 0 aliphatic heterocycles. The smallest absolute Gasteiger partial charge is 0.298 e. The Bertz CT molecular complexity index is 659. The van der Waals surface area contributed by atoms with Crippen LogP contribution in [-0.2, 0) is 6.18 Å². The van der Waals surface area contributed by atoms with Crippen molar-refractivity contribution in [2.45, 2.75) is 13.1 Å². The molecule has 0 aliphatic rings. The van der Waals surface area contributed by atoms with Crippen LogP contribution in [0.5, 0.6) is 0 Å². The lowest BCUT2D eigenvalue weighted by molar-refractivity contribution is -0.139. The first kappa shape index (κ1) is 14.2. The van der Waals surface area contributed by atoms with Gasteiger partial charge in [-0.05, 0) is 30.2 Å². The summed E-state index contributed by atoms with van der Waals surface area (Å²) in [5, 5.41) is 0. The Hall–Kier alpha value is -2.17. The Balaban J connectivity index is 2.58. The fraction of sp³-hybridized carbons (Fsp3) is 0.133. The number of rotatable bonds is 2. The van der Waals surface area contributed by atoms with Gasteiger partial charge in [0.25, 0.3) is 0 Å². The lowest BCUT2D eigenvalue weighted by Crippen LogP contribution is -2.08. The molecule has 0 radical (unpaired) electrons. The van der Waals surface area contributed by atoms with Gasteiger partial charge in [-0.15, -0.1) is 0 Å². The van der Waals surface area contributed by atoms with Crippen molar-refractivity contribution in [3.8, 4) is 11.1 Å². The molecule has 5 heteroatoms. The molecule has 2 aromatic carbocycles. The summed E-state index contributed by atoms with van der Waals surface area (Å²) in [5.74, 6) is -1.35. The van der Waals surface area contributed by atoms with Crippen molar-refractivity contribution in [1.29, 1.82) is 0 Å². The molecule has 0 amide bonds. The van der Waals surface area contributed by atoms with E-state index < -0.39 is 17.6 Å². The molecule has 0 spiro atoms. The second-order valence-corrected chi connectivity index (χ2v) is 4.40. The standard InChI is InChI=1S/C15H10F4O/c1-9-2-3-11(8-20)12(6-9)10-4-5-13(14(16)7-10)15(17,18)19/h2-8H,1H3. The number of aryl methyl sites for hydroxylation is 1. The van der Waals surface area contributed by atoms with Gasteiger partial charge in [-0.2, -0.15) is 13.2 Å². The molecule has 0 saturated carbocycles. The molecule has 0 N–H and O–H groups in total. The van der Waals surface area contributed by atoms with Gasteiger partial charge in [-0.25, -0.2) is 4.39 Å². The van der Waals surface area contributed by atoms with Gasteiger partial charge in [0.1, 0.15) is 5.82 Å². The first-order valence-corrected chi connectivity index (χ1v) is 5.76. The predicted octanol–water partition coefficient (Wildman–Crippen LogP) is 4.63. The van der Waals surface area contributed by atoms with Crippen LogP contribution in [0.3, 0.4) is 0 Å². The summed E-state index contributed by atoms with van der Waals surface area (Å²) in [5.41, 5.74) is 0.455. The Morgan fingerprint density at radius 3 is 2.30 bits per heavy atom. The van der Waals surface area contributed by atoms with Gasteiger partial charge in [-0.1, -0.05) is 29.8 Å². The van der Waals surface area contributed by atoms with E-state index in [9.17, 15) is 22.4 Å². The van der Waals surface area contributed by atoms with E-state index in [1.807, 2.05) is 0 Å². The summed E-state index contributed by atoms with van der Waals surface area (Å²) in [6.45, 7) is 1.78. The van der Waals surface area contributed by atoms with Crippen LogP contribution in [0.2, 0.25) is 0 Å². The minimum atomic E-state index is -4.73. The third-order valence-corrected chi connectivity index (χ3v) is 2.92. The first-order valence-electron chi connectivity index (χ1n) is 5.76. The van der Waals surface area contributed by atoms with Crippen LogP contribution >= 0.6 is 0 Å². The summed E-state index contributed by atoms with van der Waals surface area (Å²) in [6.07, 6.45) is -4.15. The number of benzene rings is 2. The average Bonchev–Trinajstić information content (AvgIpc) is 2.37. The molecule has 0 heterocycles. The molecule has 0 atom stereocenters. The molecule has 0 unspecified atom stereocenters. The molecule has 20 heavy (non-hydrogen) atoms. The fourth-order valence-corrected chi connectivity index (χ4v) is 1.94. The quantitative estimate of drug-likeness (QED) is 0.579. The van der Waals surface area contributed by atoms with E-state index in [4.69, 9.17) is 0 Å². The molecule has 0 aromatic heterocycles. The highest BCUT2D eigenvalue weighted by atomic mass is 19.4. The van der Waals surface area contributed by atoms with E-state index in [1.165, 1.54) is 0 Å². The summed E-state index contributed by atoms with van der Waals surface area (Å²) in [4.78, 5) is 10.9. The molecule has 104 valence electrons. The zero-order valence-electron chi connectivity index (χ0n) is 10.5. The summed E-state index contributed by atoms with van der Waals surface area (Å²) < 4.78 is 51.0. The molecule has 0 saturated heterocycles. The van der Waals surface area contributed by atoms with Crippen molar-refractivity contribution in [3.63, 3.8) is 0 Å². The van der Waals surface area contributed by atoms with E-state index in [0.717, 1.165) is 17.7 Å². The number of hydrogen-bond donors (Lipinski definition) is 0. The Labute approximate surface area is 112 Å². The van der Waals surface area contributed by atoms with Crippen LogP contribution < -0.4 is 0 Å². The van der Waals surface area contributed by atoms with Crippen LogP contribution in [0.25, 0.3) is 11.1 Å². The molecule has 1 nitrogen and oxygen atoms in total. The van der Waals surface area contributed by atoms with Gasteiger partial charge in [-0.3, -0.25) is 4.79 Å². The number of alkyl halides is 3. The van der Waals surface area contributed by atoms with E-state index in [1.54, 1.807) is 25.1 Å². The number of halogens is 4. The number of aldehydes is 1. The Morgan fingerprint density at radius 2 is 1.75 bits per heavy atom. The van der Waals surface area contributed by atoms with Crippen molar-refractivity contribution in [1.82, 2.24) is 0 Å². The zero-order valence-corrected chi connectivity index (χ0v) is 10.5. The monoisotopic (exact) mass is 282 g/mol. The van der Waals surface area contributed by atoms with Crippen molar-refractivity contribution in [3.05, 3.63) is 58.9 Å². The maximum Gasteiger partial charge on any atom is 0.419 e. The van der Waals surface area contributed by atoms with Gasteiger partial charge < -0.3 is 0 Å². The van der Waals surface area contributed by atoms with Crippen LogP contribution in [0.4, 0.5) is 17.6 Å². The van der Waals surface area contributed by atoms with Crippen LogP contribution in [0.15, 0.2) is 36.4 Å². The highest BCUT2D eigenvalue weighted by Crippen LogP contribution is 2.34. The molecule has 2 rings (SSSR count). The van der Waals surface area contributed by atoms with E-state index in [0.29, 0.717) is 23.5 Å². The van der Waals surface area contributed by atoms with Crippen molar-refractivity contribution in [2.24, 2.45) is 0 Å². The van der Waals surface area contributed by atoms with Crippen molar-refractivity contribution >= 4 is 6.29 Å². The highest BCUT2D eigenvalue weighted by Gasteiger charge is 2.34. The molecular weight excluding hydrogens is 272 g/mol. The minimum absolute atomic E-state index is 0.237. The lowest BCUT2D eigenvalue weighted by atomic mass is 9.97. The number of carbonyl (C=O) groups is 1. The van der Waals surface area contributed by atoms with E-state index >= 15 is 0 Å². The Kier molecular flexibility index (Phi) is 3.61. The maximum absolute atomic E-state index is 13.6. The number of hydrogen-bond acceptors (Lipinski definition) is 1. The van der Waals surface area contributed by atoms with E-state index in [2.05, 4.69) is 0 Å². The van der Waals surface area contributed by atoms with Crippen molar-refractivity contribution < 1.29 is 22.4 Å². The maximum atomic E-state index is 13.6. The van der Waals surface area contributed by atoms with Gasteiger partial charge >= 0.3 is 6.18 Å². The van der Waals surface area contributed by atoms with Crippen LogP contribution in [0, 0.1) is 12.7 Å². The fourth-order valence-electron chi connectivity index (χ4n) is 1.94. The SMILES string of the molecule is Cc1ccc(C=O)c(-c2ccc(C(F)(F)F)c(F)c2)c1. The second-order valence-electron chi connectivity index (χ2n) is 4.40. The summed E-state index contributed by atoms with van der Waals surface area (Å²) in [7, 11) is 0. The van der Waals surface area contributed by atoms with E-state index in [-0.39, 0.29) is 5.56 Å². The van der Waals surface area contributed by atoms with Gasteiger partial charge in [0.05, 0.1) is 5.56 Å². The summed E-state index contributed by atoms with van der Waals surface area (Å²) in [6, 6.07) is 7.52. The van der Waals surface area contributed by atoms with Gasteiger partial charge in [0.15, 0.2) is 6.29 Å². The minimum Gasteiger partial charge on any atom is -0.298 e. The third-order valence-electron chi connectivity index (χ3n) is 2.92.